The summed E-state index contributed by atoms with van der Waals surface area (Å²) in [7, 11) is 3.74. The third kappa shape index (κ3) is 8.84. The van der Waals surface area contributed by atoms with Gasteiger partial charge >= 0.3 is 12.1 Å². The fraction of sp³-hybridized carbons (Fsp3) is 0.842. The van der Waals surface area contributed by atoms with Crippen molar-refractivity contribution in [2.75, 3.05) is 21.2 Å². The lowest BCUT2D eigenvalue weighted by Crippen LogP contribution is -2.54. The molecular formula is C19H34F2N2O5. The number of esters is 1. The van der Waals surface area contributed by atoms with Gasteiger partial charge in [0.25, 0.3) is 0 Å². The Morgan fingerprint density at radius 3 is 1.82 bits per heavy atom. The number of hydrogen-bond acceptors (Lipinski definition) is 5. The van der Waals surface area contributed by atoms with E-state index in [0.29, 0.717) is 6.92 Å². The molecular weight excluding hydrogens is 374 g/mol. The van der Waals surface area contributed by atoms with Crippen LogP contribution in [-0.4, -0.2) is 72.6 Å². The standard InChI is InChI=1S/C19H34F2N2O5/c1-12(2)10-13(23(8)17(26)28-18(3,4)5)15(24)22(7)14(16(25)27-9)11-19(6,20)21/h12-14H,10-11H2,1-9H3/t13-,14+/m0/s1. The molecule has 7 nitrogen and oxygen atoms in total. The van der Waals surface area contributed by atoms with Crippen molar-refractivity contribution in [3.05, 3.63) is 0 Å². The lowest BCUT2D eigenvalue weighted by Gasteiger charge is -2.35. The number of likely N-dealkylation sites (N-methyl/N-ethyl adjacent to an activating group) is 2. The van der Waals surface area contributed by atoms with Gasteiger partial charge in [-0.2, -0.15) is 0 Å². The summed E-state index contributed by atoms with van der Waals surface area (Å²) in [6, 6.07) is -2.45. The summed E-state index contributed by atoms with van der Waals surface area (Å²) >= 11 is 0. The van der Waals surface area contributed by atoms with Gasteiger partial charge in [0, 0.05) is 20.5 Å². The Hall–Kier alpha value is -1.93. The van der Waals surface area contributed by atoms with Crippen LogP contribution in [0.25, 0.3) is 0 Å². The maximum atomic E-state index is 13.5. The number of alkyl halides is 2. The summed E-state index contributed by atoms with van der Waals surface area (Å²) in [5, 5.41) is 0. The SMILES string of the molecule is COC(=O)[C@@H](CC(C)(F)F)N(C)C(=O)[C@H](CC(C)C)N(C)C(=O)OC(C)(C)C. The first-order valence-corrected chi connectivity index (χ1v) is 9.18. The van der Waals surface area contributed by atoms with Gasteiger partial charge in [0.1, 0.15) is 17.7 Å². The molecule has 164 valence electrons. The van der Waals surface area contributed by atoms with E-state index in [1.54, 1.807) is 20.8 Å². The fourth-order valence-electron chi connectivity index (χ4n) is 2.57. The predicted molar refractivity (Wildman–Crippen MR) is 101 cm³/mol. The van der Waals surface area contributed by atoms with Crippen LogP contribution in [0.1, 0.15) is 54.4 Å². The first-order valence-electron chi connectivity index (χ1n) is 9.18. The topological polar surface area (TPSA) is 76.2 Å². The van der Waals surface area contributed by atoms with Crippen molar-refractivity contribution in [2.24, 2.45) is 5.92 Å². The maximum absolute atomic E-state index is 13.5. The summed E-state index contributed by atoms with van der Waals surface area (Å²) in [6.45, 7) is 9.48. The van der Waals surface area contributed by atoms with Crippen LogP contribution in [0.15, 0.2) is 0 Å². The van der Waals surface area contributed by atoms with Gasteiger partial charge < -0.3 is 14.4 Å². The Morgan fingerprint density at radius 2 is 1.46 bits per heavy atom. The van der Waals surface area contributed by atoms with Crippen molar-refractivity contribution in [3.63, 3.8) is 0 Å². The maximum Gasteiger partial charge on any atom is 0.410 e. The van der Waals surface area contributed by atoms with E-state index < -0.39 is 48.0 Å². The van der Waals surface area contributed by atoms with Crippen molar-refractivity contribution in [3.8, 4) is 0 Å². The number of carbonyl (C=O) groups is 3. The lowest BCUT2D eigenvalue weighted by atomic mass is 10.00. The first-order chi connectivity index (χ1) is 12.5. The van der Waals surface area contributed by atoms with Crippen LogP contribution in [0.2, 0.25) is 0 Å². The molecule has 28 heavy (non-hydrogen) atoms. The quantitative estimate of drug-likeness (QED) is 0.576. The number of hydrogen-bond donors (Lipinski definition) is 0. The highest BCUT2D eigenvalue weighted by Gasteiger charge is 2.40. The third-order valence-electron chi connectivity index (χ3n) is 3.97. The second-order valence-corrected chi connectivity index (χ2v) is 8.50. The fourth-order valence-corrected chi connectivity index (χ4v) is 2.57. The van der Waals surface area contributed by atoms with Crippen molar-refractivity contribution < 1.29 is 32.6 Å². The summed E-state index contributed by atoms with van der Waals surface area (Å²) in [4.78, 5) is 39.6. The molecule has 0 aliphatic rings. The highest BCUT2D eigenvalue weighted by atomic mass is 19.3. The van der Waals surface area contributed by atoms with Gasteiger partial charge in [0.15, 0.2) is 0 Å². The second kappa shape index (κ2) is 10.0. The van der Waals surface area contributed by atoms with E-state index in [0.717, 1.165) is 16.9 Å². The highest BCUT2D eigenvalue weighted by molar-refractivity contribution is 5.89. The Kier molecular flexibility index (Phi) is 9.33. The molecule has 0 aromatic rings. The molecule has 0 aliphatic heterocycles. The summed E-state index contributed by atoms with van der Waals surface area (Å²) in [5.41, 5.74) is -0.762. The van der Waals surface area contributed by atoms with Crippen LogP contribution in [0.4, 0.5) is 13.6 Å². The van der Waals surface area contributed by atoms with Crippen molar-refractivity contribution >= 4 is 18.0 Å². The highest BCUT2D eigenvalue weighted by Crippen LogP contribution is 2.24. The molecule has 0 radical (unpaired) electrons. The van der Waals surface area contributed by atoms with Crippen LogP contribution in [0.5, 0.6) is 0 Å². The van der Waals surface area contributed by atoms with E-state index in [4.69, 9.17) is 4.74 Å². The Morgan fingerprint density at radius 1 is 0.964 bits per heavy atom. The lowest BCUT2D eigenvalue weighted by molar-refractivity contribution is -0.157. The molecule has 0 aromatic heterocycles. The molecule has 0 rings (SSSR count). The Bertz CT molecular complexity index is 556. The average Bonchev–Trinajstić information content (AvgIpc) is 2.52. The van der Waals surface area contributed by atoms with Crippen LogP contribution in [-0.2, 0) is 19.1 Å². The zero-order chi connectivity index (χ0) is 22.4. The molecule has 0 aromatic carbocycles. The molecule has 0 heterocycles. The van der Waals surface area contributed by atoms with Gasteiger partial charge in [-0.05, 0) is 40.0 Å². The normalized spacial score (nSPS) is 14.3. The monoisotopic (exact) mass is 408 g/mol. The number of nitrogens with zero attached hydrogens (tertiary/aromatic N) is 2. The number of halogens is 2. The minimum absolute atomic E-state index is 0.0245. The van der Waals surface area contributed by atoms with Gasteiger partial charge in [-0.15, -0.1) is 0 Å². The van der Waals surface area contributed by atoms with Gasteiger partial charge in [0.2, 0.25) is 11.8 Å². The van der Waals surface area contributed by atoms with Crippen LogP contribution in [0.3, 0.4) is 0 Å². The van der Waals surface area contributed by atoms with E-state index in [1.807, 2.05) is 13.8 Å². The molecule has 0 fully saturated rings. The smallest absolute Gasteiger partial charge is 0.410 e. The van der Waals surface area contributed by atoms with Gasteiger partial charge in [-0.25, -0.2) is 18.4 Å². The largest absolute Gasteiger partial charge is 0.467 e. The molecule has 2 amide bonds. The molecule has 9 heteroatoms. The van der Waals surface area contributed by atoms with E-state index >= 15 is 0 Å². The van der Waals surface area contributed by atoms with Crippen LogP contribution in [0, 0.1) is 5.92 Å². The zero-order valence-corrected chi connectivity index (χ0v) is 18.3. The van der Waals surface area contributed by atoms with Crippen LogP contribution < -0.4 is 0 Å². The number of methoxy groups -OCH3 is 1. The Labute approximate surface area is 166 Å². The molecule has 0 unspecified atom stereocenters. The minimum Gasteiger partial charge on any atom is -0.467 e. The molecule has 0 spiro atoms. The number of amides is 2. The Balaban J connectivity index is 5.72. The van der Waals surface area contributed by atoms with E-state index in [-0.39, 0.29) is 12.3 Å². The summed E-state index contributed by atoms with van der Waals surface area (Å²) < 4.78 is 37.0. The predicted octanol–water partition coefficient (Wildman–Crippen LogP) is 3.31. The molecule has 0 N–H and O–H groups in total. The zero-order valence-electron chi connectivity index (χ0n) is 18.3. The third-order valence-corrected chi connectivity index (χ3v) is 3.97. The number of rotatable bonds is 8. The van der Waals surface area contributed by atoms with Crippen molar-refractivity contribution in [1.82, 2.24) is 9.80 Å². The molecule has 2 atom stereocenters. The minimum atomic E-state index is -3.18. The van der Waals surface area contributed by atoms with Gasteiger partial charge in [-0.1, -0.05) is 13.8 Å². The van der Waals surface area contributed by atoms with E-state index in [1.165, 1.54) is 14.1 Å². The first kappa shape index (κ1) is 26.1. The average molecular weight is 408 g/mol. The molecule has 0 bridgehead atoms. The van der Waals surface area contributed by atoms with Crippen LogP contribution >= 0.6 is 0 Å². The second-order valence-electron chi connectivity index (χ2n) is 8.50. The van der Waals surface area contributed by atoms with Gasteiger partial charge in [0.05, 0.1) is 7.11 Å². The summed E-state index contributed by atoms with van der Waals surface area (Å²) in [5.74, 6) is -4.74. The van der Waals surface area contributed by atoms with E-state index in [9.17, 15) is 23.2 Å². The number of carbonyl (C=O) groups excluding carboxylic acids is 3. The van der Waals surface area contributed by atoms with Crippen molar-refractivity contribution in [1.29, 1.82) is 0 Å². The van der Waals surface area contributed by atoms with E-state index in [2.05, 4.69) is 4.74 Å². The molecule has 0 aliphatic carbocycles. The van der Waals surface area contributed by atoms with Crippen molar-refractivity contribution in [2.45, 2.75) is 78.0 Å². The summed E-state index contributed by atoms with van der Waals surface area (Å²) in [6.07, 6.45) is -1.32. The molecule has 0 saturated heterocycles. The van der Waals surface area contributed by atoms with Gasteiger partial charge in [-0.3, -0.25) is 9.69 Å². The molecule has 0 saturated carbocycles. The number of ether oxygens (including phenoxy) is 2.